The highest BCUT2D eigenvalue weighted by Crippen LogP contribution is 2.24. The number of nitrogens with one attached hydrogen (secondary N) is 1. The molecule has 0 unspecified atom stereocenters. The number of amides is 1. The Morgan fingerprint density at radius 1 is 0.914 bits per heavy atom. The number of benzene rings is 3. The highest BCUT2D eigenvalue weighted by atomic mass is 32.2. The maximum atomic E-state index is 13.4. The van der Waals surface area contributed by atoms with E-state index in [1.54, 1.807) is 49.6 Å². The van der Waals surface area contributed by atoms with Gasteiger partial charge in [-0.1, -0.05) is 11.6 Å². The number of carbonyl (C=O) groups excluding carboxylic acids is 1. The molecule has 1 N–H and O–H groups in total. The molecule has 1 heterocycles. The van der Waals surface area contributed by atoms with Crippen LogP contribution in [0.5, 0.6) is 11.5 Å². The lowest BCUT2D eigenvalue weighted by Gasteiger charge is -2.15. The highest BCUT2D eigenvalue weighted by molar-refractivity contribution is 7.91. The molecule has 4 rings (SSSR count). The molecule has 0 aliphatic heterocycles. The van der Waals surface area contributed by atoms with E-state index in [0.29, 0.717) is 22.7 Å². The fourth-order valence-corrected chi connectivity index (χ4v) is 5.09. The van der Waals surface area contributed by atoms with E-state index >= 15 is 0 Å². The number of hydrogen-bond donors (Lipinski definition) is 1. The van der Waals surface area contributed by atoms with Crippen LogP contribution in [0.15, 0.2) is 87.5 Å². The molecule has 0 atom stereocenters. The fourth-order valence-electron chi connectivity index (χ4n) is 3.72. The minimum atomic E-state index is -4.16. The number of sulfone groups is 1. The number of aryl methyl sites for hydroxylation is 1. The van der Waals surface area contributed by atoms with Crippen LogP contribution in [0.2, 0.25) is 0 Å². The van der Waals surface area contributed by atoms with Crippen molar-refractivity contribution in [2.45, 2.75) is 23.3 Å². The van der Waals surface area contributed by atoms with Crippen molar-refractivity contribution >= 4 is 32.3 Å². The minimum absolute atomic E-state index is 0.0448. The Balaban J connectivity index is 1.77. The molecule has 1 aromatic heterocycles. The quantitative estimate of drug-likeness (QED) is 0.421. The number of carbonyl (C=O) groups is 1. The molecule has 3 aromatic carbocycles. The van der Waals surface area contributed by atoms with Crippen molar-refractivity contribution in [3.8, 4) is 11.5 Å². The van der Waals surface area contributed by atoms with E-state index in [1.807, 2.05) is 6.92 Å². The molecular weight excluding hydrogens is 468 g/mol. The van der Waals surface area contributed by atoms with Crippen LogP contribution in [0, 0.1) is 6.92 Å². The van der Waals surface area contributed by atoms with Crippen LogP contribution < -0.4 is 20.2 Å². The summed E-state index contributed by atoms with van der Waals surface area (Å²) in [7, 11) is -1.13. The SMILES string of the molecule is COc1ccc(NC(=O)Cn2cc(S(=O)(=O)c3ccc(OC)cc3)c(=O)c3cc(C)ccc32)cc1. The Bertz CT molecular complexity index is 1560. The molecule has 35 heavy (non-hydrogen) atoms. The number of rotatable bonds is 7. The molecule has 180 valence electrons. The van der Waals surface area contributed by atoms with Gasteiger partial charge in [0.1, 0.15) is 22.9 Å². The average Bonchev–Trinajstić information content (AvgIpc) is 2.86. The van der Waals surface area contributed by atoms with E-state index in [0.717, 1.165) is 5.56 Å². The summed E-state index contributed by atoms with van der Waals surface area (Å²) in [6.45, 7) is 1.61. The molecule has 9 heteroatoms. The van der Waals surface area contributed by atoms with E-state index in [1.165, 1.54) is 42.1 Å². The molecule has 1 amide bonds. The van der Waals surface area contributed by atoms with Gasteiger partial charge in [-0.15, -0.1) is 0 Å². The first-order chi connectivity index (χ1) is 16.7. The van der Waals surface area contributed by atoms with Gasteiger partial charge >= 0.3 is 0 Å². The number of anilines is 1. The van der Waals surface area contributed by atoms with Gasteiger partial charge in [-0.25, -0.2) is 8.42 Å². The largest absolute Gasteiger partial charge is 0.497 e. The fraction of sp³-hybridized carbons (Fsp3) is 0.154. The van der Waals surface area contributed by atoms with Crippen molar-refractivity contribution < 1.29 is 22.7 Å². The number of aromatic nitrogens is 1. The lowest BCUT2D eigenvalue weighted by molar-refractivity contribution is -0.116. The van der Waals surface area contributed by atoms with Crippen LogP contribution in [0.1, 0.15) is 5.56 Å². The third-order valence-corrected chi connectivity index (χ3v) is 7.31. The van der Waals surface area contributed by atoms with E-state index < -0.39 is 20.2 Å². The molecule has 4 aromatic rings. The maximum absolute atomic E-state index is 13.4. The number of methoxy groups -OCH3 is 2. The highest BCUT2D eigenvalue weighted by Gasteiger charge is 2.24. The number of hydrogen-bond acceptors (Lipinski definition) is 6. The first-order valence-electron chi connectivity index (χ1n) is 10.7. The zero-order valence-corrected chi connectivity index (χ0v) is 20.3. The number of fused-ring (bicyclic) bond motifs is 1. The summed E-state index contributed by atoms with van der Waals surface area (Å²) < 4.78 is 38.5. The summed E-state index contributed by atoms with van der Waals surface area (Å²) >= 11 is 0. The Kier molecular flexibility index (Phi) is 6.61. The molecule has 0 spiro atoms. The molecule has 0 aliphatic rings. The molecule has 0 bridgehead atoms. The maximum Gasteiger partial charge on any atom is 0.244 e. The minimum Gasteiger partial charge on any atom is -0.497 e. The summed E-state index contributed by atoms with van der Waals surface area (Å²) in [5.41, 5.74) is 1.19. The van der Waals surface area contributed by atoms with E-state index in [9.17, 15) is 18.0 Å². The number of nitrogens with zero attached hydrogens (tertiary/aromatic N) is 1. The molecule has 0 fully saturated rings. The van der Waals surface area contributed by atoms with E-state index in [4.69, 9.17) is 9.47 Å². The topological polar surface area (TPSA) is 104 Å². The predicted molar refractivity (Wildman–Crippen MR) is 133 cm³/mol. The van der Waals surface area contributed by atoms with Gasteiger partial charge in [0.25, 0.3) is 0 Å². The van der Waals surface area contributed by atoms with Crippen LogP contribution in [0.25, 0.3) is 10.9 Å². The van der Waals surface area contributed by atoms with Crippen LogP contribution >= 0.6 is 0 Å². The van der Waals surface area contributed by atoms with Gasteiger partial charge in [0.05, 0.1) is 24.6 Å². The van der Waals surface area contributed by atoms with Crippen molar-refractivity contribution in [1.82, 2.24) is 4.57 Å². The van der Waals surface area contributed by atoms with Gasteiger partial charge < -0.3 is 19.4 Å². The first kappa shape index (κ1) is 24.0. The van der Waals surface area contributed by atoms with Crippen molar-refractivity contribution in [2.24, 2.45) is 0 Å². The van der Waals surface area contributed by atoms with Crippen molar-refractivity contribution in [3.05, 3.63) is 88.7 Å². The van der Waals surface area contributed by atoms with Gasteiger partial charge in [0.15, 0.2) is 0 Å². The van der Waals surface area contributed by atoms with Gasteiger partial charge in [0, 0.05) is 17.3 Å². The molecule has 0 saturated heterocycles. The van der Waals surface area contributed by atoms with Crippen molar-refractivity contribution in [2.75, 3.05) is 19.5 Å². The average molecular weight is 493 g/mol. The summed E-state index contributed by atoms with van der Waals surface area (Å²) in [6, 6.07) is 17.8. The van der Waals surface area contributed by atoms with Crippen LogP contribution in [0.3, 0.4) is 0 Å². The Morgan fingerprint density at radius 2 is 1.51 bits per heavy atom. The van der Waals surface area contributed by atoms with E-state index in [-0.39, 0.29) is 22.7 Å². The summed E-state index contributed by atoms with van der Waals surface area (Å²) in [5.74, 6) is 0.761. The molecule has 0 aliphatic carbocycles. The molecule has 0 saturated carbocycles. The van der Waals surface area contributed by atoms with Crippen LogP contribution in [0.4, 0.5) is 5.69 Å². The summed E-state index contributed by atoms with van der Waals surface area (Å²) in [5, 5.41) is 3.00. The second kappa shape index (κ2) is 9.63. The lowest BCUT2D eigenvalue weighted by Crippen LogP contribution is -2.24. The van der Waals surface area contributed by atoms with Crippen molar-refractivity contribution in [3.63, 3.8) is 0 Å². The van der Waals surface area contributed by atoms with Gasteiger partial charge in [-0.3, -0.25) is 9.59 Å². The number of ether oxygens (including phenoxy) is 2. The van der Waals surface area contributed by atoms with Gasteiger partial charge in [0.2, 0.25) is 21.2 Å². The standard InChI is InChI=1S/C26H24N2O6S/c1-17-4-13-23-22(14-17)26(30)24(35(31,32)21-11-9-20(34-3)10-12-21)15-28(23)16-25(29)27-18-5-7-19(33-2)8-6-18/h4-15H,16H2,1-3H3,(H,27,29). The van der Waals surface area contributed by atoms with E-state index in [2.05, 4.69) is 5.32 Å². The molecular formula is C26H24N2O6S. The summed E-state index contributed by atoms with van der Waals surface area (Å²) in [4.78, 5) is 25.7. The predicted octanol–water partition coefficient (Wildman–Crippen LogP) is 3.80. The molecule has 0 radical (unpaired) electrons. The van der Waals surface area contributed by atoms with Crippen LogP contribution in [-0.2, 0) is 21.2 Å². The third kappa shape index (κ3) is 4.90. The Hall–Kier alpha value is -4.11. The lowest BCUT2D eigenvalue weighted by atomic mass is 10.1. The van der Waals surface area contributed by atoms with Crippen LogP contribution in [-0.4, -0.2) is 33.1 Å². The second-order valence-electron chi connectivity index (χ2n) is 7.93. The molecule has 8 nitrogen and oxygen atoms in total. The Labute approximate surface area is 202 Å². The zero-order valence-electron chi connectivity index (χ0n) is 19.4. The smallest absolute Gasteiger partial charge is 0.244 e. The Morgan fingerprint density at radius 3 is 2.11 bits per heavy atom. The van der Waals surface area contributed by atoms with Gasteiger partial charge in [-0.05, 0) is 67.6 Å². The van der Waals surface area contributed by atoms with Gasteiger partial charge in [-0.2, -0.15) is 0 Å². The first-order valence-corrected chi connectivity index (χ1v) is 12.2. The third-order valence-electron chi connectivity index (χ3n) is 5.55. The monoisotopic (exact) mass is 492 g/mol. The zero-order chi connectivity index (χ0) is 25.2. The second-order valence-corrected chi connectivity index (χ2v) is 9.84. The number of pyridine rings is 1. The normalized spacial score (nSPS) is 11.3. The summed E-state index contributed by atoms with van der Waals surface area (Å²) in [6.07, 6.45) is 1.23. The van der Waals surface area contributed by atoms with Crippen molar-refractivity contribution in [1.29, 1.82) is 0 Å².